The minimum atomic E-state index is -5.68. The smallest absolute Gasteiger partial charge is 0.376 e. The highest BCUT2D eigenvalue weighted by Gasteiger charge is 2.48. The molecule has 0 radical (unpaired) electrons. The topological polar surface area (TPSA) is 67.2 Å². The first kappa shape index (κ1) is 14.1. The molecule has 0 saturated heterocycles. The van der Waals surface area contributed by atoms with E-state index in [0.29, 0.717) is 16.3 Å². The second-order valence-corrected chi connectivity index (χ2v) is 5.36. The molecule has 104 valence electrons. The van der Waals surface area contributed by atoms with E-state index in [1.165, 1.54) is 24.3 Å². The van der Waals surface area contributed by atoms with Crippen LogP contribution in [0.25, 0.3) is 10.8 Å². The van der Waals surface area contributed by atoms with Crippen LogP contribution in [0.2, 0.25) is 0 Å². The Morgan fingerprint density at radius 1 is 1.05 bits per heavy atom. The molecule has 0 fully saturated rings. The number of hydrogen-bond acceptors (Lipinski definition) is 4. The van der Waals surface area contributed by atoms with Crippen molar-refractivity contribution in [2.75, 3.05) is 0 Å². The summed E-state index contributed by atoms with van der Waals surface area (Å²) < 4.78 is 62.3. The van der Waals surface area contributed by atoms with Crippen molar-refractivity contribution in [3.63, 3.8) is 0 Å². The summed E-state index contributed by atoms with van der Waals surface area (Å²) in [5.74, 6) is -0.445. The Morgan fingerprint density at radius 2 is 1.65 bits per heavy atom. The quantitative estimate of drug-likeness (QED) is 0.632. The Morgan fingerprint density at radius 3 is 2.25 bits per heavy atom. The lowest BCUT2D eigenvalue weighted by molar-refractivity contribution is -0.0500. The van der Waals surface area contributed by atoms with E-state index in [0.717, 1.165) is 12.1 Å². The van der Waals surface area contributed by atoms with Gasteiger partial charge in [0.05, 0.1) is 11.6 Å². The molecule has 0 aliphatic heterocycles. The molecule has 20 heavy (non-hydrogen) atoms. The van der Waals surface area contributed by atoms with E-state index in [9.17, 15) is 21.6 Å². The van der Waals surface area contributed by atoms with Crippen LogP contribution < -0.4 is 4.18 Å². The van der Waals surface area contributed by atoms with Gasteiger partial charge in [-0.25, -0.2) is 0 Å². The summed E-state index contributed by atoms with van der Waals surface area (Å²) >= 11 is 0. The third-order valence-electron chi connectivity index (χ3n) is 2.43. The van der Waals surface area contributed by atoms with Crippen LogP contribution in [0.1, 0.15) is 5.56 Å². The second-order valence-electron chi connectivity index (χ2n) is 3.82. The summed E-state index contributed by atoms with van der Waals surface area (Å²) in [4.78, 5) is 0. The number of benzene rings is 2. The van der Waals surface area contributed by atoms with E-state index < -0.39 is 21.4 Å². The van der Waals surface area contributed by atoms with Gasteiger partial charge in [0.15, 0.2) is 0 Å². The van der Waals surface area contributed by atoms with Gasteiger partial charge in [-0.3, -0.25) is 0 Å². The summed E-state index contributed by atoms with van der Waals surface area (Å²) in [6.45, 7) is 0. The van der Waals surface area contributed by atoms with Crippen molar-refractivity contribution in [2.45, 2.75) is 5.51 Å². The van der Waals surface area contributed by atoms with Crippen molar-refractivity contribution in [3.05, 3.63) is 42.0 Å². The molecule has 0 spiro atoms. The lowest BCUT2D eigenvalue weighted by Crippen LogP contribution is -2.28. The number of alkyl halides is 3. The molecule has 8 heteroatoms. The summed E-state index contributed by atoms with van der Waals surface area (Å²) in [6, 6.07) is 10.0. The maximum Gasteiger partial charge on any atom is 0.534 e. The fourth-order valence-corrected chi connectivity index (χ4v) is 1.97. The first-order valence-electron chi connectivity index (χ1n) is 5.17. The van der Waals surface area contributed by atoms with Crippen molar-refractivity contribution in [1.82, 2.24) is 0 Å². The number of nitrogens with zero attached hydrogens (tertiary/aromatic N) is 1. The Kier molecular flexibility index (Phi) is 3.31. The highest BCUT2D eigenvalue weighted by atomic mass is 32.2. The van der Waals surface area contributed by atoms with Crippen LogP contribution in [0.15, 0.2) is 36.4 Å². The fourth-order valence-electron chi connectivity index (χ4n) is 1.52. The maximum atomic E-state index is 12.2. The molecular weight excluding hydrogens is 295 g/mol. The molecule has 4 nitrogen and oxygen atoms in total. The fraction of sp³-hybridized carbons (Fsp3) is 0.0833. The predicted octanol–water partition coefficient (Wildman–Crippen LogP) is 2.94. The van der Waals surface area contributed by atoms with Crippen molar-refractivity contribution in [2.24, 2.45) is 0 Å². The highest BCUT2D eigenvalue weighted by molar-refractivity contribution is 7.88. The molecule has 0 aromatic heterocycles. The molecule has 2 rings (SSSR count). The van der Waals surface area contributed by atoms with E-state index in [1.54, 1.807) is 0 Å². The molecular formula is C12H6F3NO3S. The molecule has 0 saturated carbocycles. The second kappa shape index (κ2) is 4.68. The summed E-state index contributed by atoms with van der Waals surface area (Å²) in [7, 11) is -5.68. The van der Waals surface area contributed by atoms with Gasteiger partial charge in [-0.2, -0.15) is 26.9 Å². The minimum absolute atomic E-state index is 0.383. The molecule has 2 aromatic rings. The first-order chi connectivity index (χ1) is 9.23. The number of nitriles is 1. The average Bonchev–Trinajstić information content (AvgIpc) is 2.36. The standard InChI is InChI=1S/C12H6F3NO3S/c13-12(14,15)20(17,18)19-11-4-3-9-5-8(7-16)1-2-10(9)6-11/h1-6H. The molecule has 0 aliphatic carbocycles. The lowest BCUT2D eigenvalue weighted by Gasteiger charge is -2.09. The van der Waals surface area contributed by atoms with Gasteiger partial charge in [0.2, 0.25) is 0 Å². The molecule has 0 heterocycles. The Hall–Kier alpha value is -2.27. The van der Waals surface area contributed by atoms with Crippen LogP contribution in [0.5, 0.6) is 5.75 Å². The molecule has 0 unspecified atom stereocenters. The SMILES string of the molecule is N#Cc1ccc2cc(OS(=O)(=O)C(F)(F)F)ccc2c1. The number of fused-ring (bicyclic) bond motifs is 1. The normalized spacial score (nSPS) is 12.1. The Balaban J connectivity index is 2.42. The van der Waals surface area contributed by atoms with Gasteiger partial charge in [0.1, 0.15) is 5.75 Å². The van der Waals surface area contributed by atoms with Gasteiger partial charge in [0.25, 0.3) is 0 Å². The highest BCUT2D eigenvalue weighted by Crippen LogP contribution is 2.29. The third kappa shape index (κ3) is 2.67. The largest absolute Gasteiger partial charge is 0.534 e. The van der Waals surface area contributed by atoms with E-state index in [-0.39, 0.29) is 0 Å². The molecule has 0 amide bonds. The van der Waals surface area contributed by atoms with Crippen LogP contribution in [-0.2, 0) is 10.1 Å². The summed E-state index contributed by atoms with van der Waals surface area (Å²) in [6.07, 6.45) is 0. The van der Waals surface area contributed by atoms with Crippen molar-refractivity contribution in [1.29, 1.82) is 5.26 Å². The van der Waals surface area contributed by atoms with Crippen LogP contribution in [0, 0.1) is 11.3 Å². The molecule has 0 aliphatic rings. The van der Waals surface area contributed by atoms with Gasteiger partial charge in [-0.15, -0.1) is 0 Å². The third-order valence-corrected chi connectivity index (χ3v) is 3.41. The van der Waals surface area contributed by atoms with Crippen molar-refractivity contribution < 1.29 is 25.8 Å². The molecule has 0 bridgehead atoms. The van der Waals surface area contributed by atoms with E-state index >= 15 is 0 Å². The van der Waals surface area contributed by atoms with Crippen molar-refractivity contribution >= 4 is 20.9 Å². The van der Waals surface area contributed by atoms with Gasteiger partial charge in [0, 0.05) is 0 Å². The minimum Gasteiger partial charge on any atom is -0.376 e. The van der Waals surface area contributed by atoms with Gasteiger partial charge >= 0.3 is 15.6 Å². The van der Waals surface area contributed by atoms with E-state index in [4.69, 9.17) is 5.26 Å². The zero-order chi connectivity index (χ0) is 15.0. The van der Waals surface area contributed by atoms with Gasteiger partial charge in [-0.05, 0) is 35.0 Å². The van der Waals surface area contributed by atoms with Crippen LogP contribution in [0.3, 0.4) is 0 Å². The van der Waals surface area contributed by atoms with Crippen LogP contribution >= 0.6 is 0 Å². The summed E-state index contributed by atoms with van der Waals surface area (Å²) in [5.41, 5.74) is -5.10. The molecule has 0 atom stereocenters. The van der Waals surface area contributed by atoms with Crippen molar-refractivity contribution in [3.8, 4) is 11.8 Å². The van der Waals surface area contributed by atoms with E-state index in [1.807, 2.05) is 6.07 Å². The molecule has 2 aromatic carbocycles. The maximum absolute atomic E-state index is 12.2. The zero-order valence-electron chi connectivity index (χ0n) is 9.68. The Labute approximate surface area is 112 Å². The predicted molar refractivity (Wildman–Crippen MR) is 64.3 cm³/mol. The van der Waals surface area contributed by atoms with Gasteiger partial charge in [-0.1, -0.05) is 12.1 Å². The van der Waals surface area contributed by atoms with Crippen LogP contribution in [0.4, 0.5) is 13.2 Å². The average molecular weight is 301 g/mol. The zero-order valence-corrected chi connectivity index (χ0v) is 10.5. The lowest BCUT2D eigenvalue weighted by atomic mass is 10.1. The van der Waals surface area contributed by atoms with E-state index in [2.05, 4.69) is 4.18 Å². The number of rotatable bonds is 2. The number of hydrogen-bond donors (Lipinski definition) is 0. The van der Waals surface area contributed by atoms with Gasteiger partial charge < -0.3 is 4.18 Å². The first-order valence-corrected chi connectivity index (χ1v) is 6.58. The summed E-state index contributed by atoms with van der Waals surface area (Å²) in [5, 5.41) is 9.76. The monoisotopic (exact) mass is 301 g/mol. The Bertz CT molecular complexity index is 807. The van der Waals surface area contributed by atoms with Crippen LogP contribution in [-0.4, -0.2) is 13.9 Å². The molecule has 0 N–H and O–H groups in total. The number of halogens is 3.